The lowest BCUT2D eigenvalue weighted by molar-refractivity contribution is -0.125. The zero-order valence-electron chi connectivity index (χ0n) is 14.8. The van der Waals surface area contributed by atoms with E-state index < -0.39 is 0 Å². The van der Waals surface area contributed by atoms with Crippen LogP contribution in [0.3, 0.4) is 0 Å². The zero-order chi connectivity index (χ0) is 18.5. The first-order chi connectivity index (χ1) is 12.6. The van der Waals surface area contributed by atoms with Crippen molar-refractivity contribution in [2.75, 3.05) is 12.3 Å². The quantitative estimate of drug-likeness (QED) is 0.797. The average Bonchev–Trinajstić information content (AvgIpc) is 2.99. The van der Waals surface area contributed by atoms with Gasteiger partial charge in [0.25, 0.3) is 11.1 Å². The molecule has 1 saturated carbocycles. The molecule has 6 nitrogen and oxygen atoms in total. The summed E-state index contributed by atoms with van der Waals surface area (Å²) in [6.45, 7) is 0.638. The first-order valence-electron chi connectivity index (χ1n) is 9.15. The van der Waals surface area contributed by atoms with Crippen LogP contribution in [0, 0.1) is 5.92 Å². The molecular formula is C19H25N3O3S. The van der Waals surface area contributed by atoms with Gasteiger partial charge < -0.3 is 11.1 Å². The summed E-state index contributed by atoms with van der Waals surface area (Å²) < 4.78 is 0. The first kappa shape index (κ1) is 18.9. The molecule has 1 aromatic rings. The molecule has 3 N–H and O–H groups in total. The minimum atomic E-state index is -0.231. The predicted molar refractivity (Wildman–Crippen MR) is 102 cm³/mol. The van der Waals surface area contributed by atoms with E-state index in [1.165, 1.54) is 24.2 Å². The van der Waals surface area contributed by atoms with Crippen LogP contribution in [0.1, 0.15) is 48.0 Å². The Kier molecular flexibility index (Phi) is 6.32. The van der Waals surface area contributed by atoms with Gasteiger partial charge in [-0.05, 0) is 36.5 Å². The number of thioether (sulfide) groups is 1. The van der Waals surface area contributed by atoms with E-state index in [-0.39, 0.29) is 35.4 Å². The second-order valence-electron chi connectivity index (χ2n) is 6.95. The molecule has 1 unspecified atom stereocenters. The zero-order valence-corrected chi connectivity index (χ0v) is 15.6. The molecule has 7 heteroatoms. The van der Waals surface area contributed by atoms with Crippen LogP contribution in [0.15, 0.2) is 24.3 Å². The van der Waals surface area contributed by atoms with Gasteiger partial charge >= 0.3 is 0 Å². The normalized spacial score (nSPS) is 19.7. The molecule has 3 amide bonds. The number of carbonyl (C=O) groups excluding carboxylic acids is 3. The van der Waals surface area contributed by atoms with Crippen LogP contribution in [0.4, 0.5) is 4.79 Å². The topological polar surface area (TPSA) is 92.5 Å². The molecule has 1 heterocycles. The molecule has 1 aliphatic carbocycles. The number of hydrogen-bond donors (Lipinski definition) is 2. The van der Waals surface area contributed by atoms with E-state index in [2.05, 4.69) is 5.32 Å². The third-order valence-electron chi connectivity index (χ3n) is 5.16. The summed E-state index contributed by atoms with van der Waals surface area (Å²) in [5.41, 5.74) is 7.20. The summed E-state index contributed by atoms with van der Waals surface area (Å²) in [5.74, 6) is 0.299. The average molecular weight is 375 g/mol. The lowest BCUT2D eigenvalue weighted by Gasteiger charge is -2.30. The maximum atomic E-state index is 12.7. The van der Waals surface area contributed by atoms with E-state index in [4.69, 9.17) is 5.73 Å². The number of nitrogens with zero attached hydrogens (tertiary/aromatic N) is 1. The maximum Gasteiger partial charge on any atom is 0.289 e. The van der Waals surface area contributed by atoms with Crippen molar-refractivity contribution >= 4 is 28.8 Å². The highest BCUT2D eigenvalue weighted by Crippen LogP contribution is 2.26. The molecule has 0 radical (unpaired) electrons. The van der Waals surface area contributed by atoms with Gasteiger partial charge in [-0.3, -0.25) is 19.3 Å². The van der Waals surface area contributed by atoms with Gasteiger partial charge in [-0.2, -0.15) is 0 Å². The highest BCUT2D eigenvalue weighted by Gasteiger charge is 2.30. The Labute approximate surface area is 157 Å². The highest BCUT2D eigenvalue weighted by molar-refractivity contribution is 8.14. The van der Waals surface area contributed by atoms with Crippen molar-refractivity contribution < 1.29 is 14.4 Å². The van der Waals surface area contributed by atoms with E-state index in [0.29, 0.717) is 18.0 Å². The highest BCUT2D eigenvalue weighted by atomic mass is 32.2. The van der Waals surface area contributed by atoms with Crippen LogP contribution in [-0.2, 0) is 11.3 Å². The number of benzene rings is 1. The van der Waals surface area contributed by atoms with Crippen LogP contribution in [0.5, 0.6) is 0 Å². The molecule has 1 atom stereocenters. The fourth-order valence-corrected chi connectivity index (χ4v) is 4.41. The van der Waals surface area contributed by atoms with Gasteiger partial charge in [0, 0.05) is 18.2 Å². The van der Waals surface area contributed by atoms with Gasteiger partial charge in [0.15, 0.2) is 0 Å². The Morgan fingerprint density at radius 1 is 1.27 bits per heavy atom. The number of nitrogens with two attached hydrogens (primary N) is 1. The number of carbonyl (C=O) groups is 3. The summed E-state index contributed by atoms with van der Waals surface area (Å²) in [6.07, 6.45) is 5.87. The summed E-state index contributed by atoms with van der Waals surface area (Å²) >= 11 is 1.01. The number of imide groups is 1. The summed E-state index contributed by atoms with van der Waals surface area (Å²) in [6, 6.07) is 7.08. The van der Waals surface area contributed by atoms with Gasteiger partial charge in [0.2, 0.25) is 5.91 Å². The minimum Gasteiger partial charge on any atom is -0.348 e. The molecule has 3 rings (SSSR count). The van der Waals surface area contributed by atoms with Crippen molar-refractivity contribution in [2.45, 2.75) is 44.7 Å². The summed E-state index contributed by atoms with van der Waals surface area (Å²) in [5, 5.41) is 2.84. The van der Waals surface area contributed by atoms with E-state index in [0.717, 1.165) is 30.2 Å². The molecule has 26 heavy (non-hydrogen) atoms. The number of rotatable bonds is 6. The Morgan fingerprint density at radius 3 is 2.69 bits per heavy atom. The van der Waals surface area contributed by atoms with E-state index in [1.807, 2.05) is 6.07 Å². The van der Waals surface area contributed by atoms with E-state index >= 15 is 0 Å². The number of nitrogens with one attached hydrogen (secondary N) is 1. The van der Waals surface area contributed by atoms with Gasteiger partial charge in [-0.1, -0.05) is 43.2 Å². The summed E-state index contributed by atoms with van der Waals surface area (Å²) in [4.78, 5) is 37.4. The third kappa shape index (κ3) is 4.45. The standard InChI is InChI=1S/C19H25N3O3S/c20-10-16(14-6-2-1-3-7-14)21-18(24)15-8-4-5-13(9-15)11-22-17(23)12-26-19(22)25/h4-5,8-9,14,16H,1-3,6-7,10-12,20H2,(H,21,24). The monoisotopic (exact) mass is 375 g/mol. The van der Waals surface area contributed by atoms with E-state index in [9.17, 15) is 14.4 Å². The molecule has 0 aromatic heterocycles. The predicted octanol–water partition coefficient (Wildman–Crippen LogP) is 2.52. The largest absolute Gasteiger partial charge is 0.348 e. The van der Waals surface area contributed by atoms with Crippen molar-refractivity contribution in [2.24, 2.45) is 11.7 Å². The Morgan fingerprint density at radius 2 is 2.04 bits per heavy atom. The molecule has 2 aliphatic rings. The van der Waals surface area contributed by atoms with Gasteiger partial charge in [0.05, 0.1) is 12.3 Å². The van der Waals surface area contributed by atoms with Crippen molar-refractivity contribution in [1.82, 2.24) is 10.2 Å². The van der Waals surface area contributed by atoms with Crippen molar-refractivity contribution in [3.05, 3.63) is 35.4 Å². The van der Waals surface area contributed by atoms with Gasteiger partial charge in [0.1, 0.15) is 0 Å². The Bertz CT molecular complexity index is 672. The number of amides is 3. The molecule has 1 aliphatic heterocycles. The van der Waals surface area contributed by atoms with Crippen molar-refractivity contribution in [3.8, 4) is 0 Å². The van der Waals surface area contributed by atoms with Crippen LogP contribution in [-0.4, -0.2) is 40.3 Å². The molecule has 1 saturated heterocycles. The smallest absolute Gasteiger partial charge is 0.289 e. The van der Waals surface area contributed by atoms with Crippen LogP contribution in [0.2, 0.25) is 0 Å². The molecule has 2 fully saturated rings. The molecule has 0 spiro atoms. The van der Waals surface area contributed by atoms with Crippen molar-refractivity contribution in [1.29, 1.82) is 0 Å². The molecular weight excluding hydrogens is 350 g/mol. The number of hydrogen-bond acceptors (Lipinski definition) is 5. The second kappa shape index (κ2) is 8.68. The maximum absolute atomic E-state index is 12.7. The minimum absolute atomic E-state index is 0.00964. The Hall–Kier alpha value is -1.86. The van der Waals surface area contributed by atoms with Crippen LogP contribution in [0.25, 0.3) is 0 Å². The van der Waals surface area contributed by atoms with Crippen LogP contribution >= 0.6 is 11.8 Å². The lowest BCUT2D eigenvalue weighted by atomic mass is 9.84. The second-order valence-corrected chi connectivity index (χ2v) is 7.88. The first-order valence-corrected chi connectivity index (χ1v) is 10.1. The van der Waals surface area contributed by atoms with Gasteiger partial charge in [-0.15, -0.1) is 0 Å². The lowest BCUT2D eigenvalue weighted by Crippen LogP contribution is -2.45. The third-order valence-corrected chi connectivity index (χ3v) is 6.02. The summed E-state index contributed by atoms with van der Waals surface area (Å²) in [7, 11) is 0. The molecule has 0 bridgehead atoms. The van der Waals surface area contributed by atoms with E-state index in [1.54, 1.807) is 18.2 Å². The Balaban J connectivity index is 1.65. The van der Waals surface area contributed by atoms with Crippen LogP contribution < -0.4 is 11.1 Å². The van der Waals surface area contributed by atoms with Crippen molar-refractivity contribution in [3.63, 3.8) is 0 Å². The van der Waals surface area contributed by atoms with Gasteiger partial charge in [-0.25, -0.2) is 0 Å². The molecule has 1 aromatic carbocycles. The fourth-order valence-electron chi connectivity index (χ4n) is 3.68. The fraction of sp³-hybridized carbons (Fsp3) is 0.526. The molecule has 140 valence electrons. The SMILES string of the molecule is NCC(NC(=O)c1cccc(CN2C(=O)CSC2=O)c1)C1CCCCC1.